The quantitative estimate of drug-likeness (QED) is 0.834. The van der Waals surface area contributed by atoms with Gasteiger partial charge in [-0.2, -0.15) is 0 Å². The maximum atomic E-state index is 5.47. The fourth-order valence-electron chi connectivity index (χ4n) is 3.62. The summed E-state index contributed by atoms with van der Waals surface area (Å²) in [6.45, 7) is 12.7. The van der Waals surface area contributed by atoms with Crippen molar-refractivity contribution in [3.05, 3.63) is 0 Å². The Hall–Kier alpha value is -0.0800. The van der Waals surface area contributed by atoms with Gasteiger partial charge in [-0.05, 0) is 69.2 Å². The molecule has 0 amide bonds. The summed E-state index contributed by atoms with van der Waals surface area (Å²) in [5, 5.41) is 3.84. The molecule has 1 aliphatic carbocycles. The van der Waals surface area contributed by atoms with Crippen molar-refractivity contribution in [2.45, 2.75) is 71.8 Å². The van der Waals surface area contributed by atoms with Crippen molar-refractivity contribution in [2.24, 2.45) is 17.3 Å². The van der Waals surface area contributed by atoms with E-state index in [0.717, 1.165) is 25.0 Å². The highest BCUT2D eigenvalue weighted by atomic mass is 16.5. The van der Waals surface area contributed by atoms with Crippen LogP contribution in [0, 0.1) is 17.3 Å². The molecular weight excluding hydrogens is 234 g/mol. The summed E-state index contributed by atoms with van der Waals surface area (Å²) in [6, 6.07) is 0. The van der Waals surface area contributed by atoms with Crippen molar-refractivity contribution >= 4 is 0 Å². The molecule has 1 aliphatic heterocycles. The maximum Gasteiger partial charge on any atom is 0.0483 e. The highest BCUT2D eigenvalue weighted by Gasteiger charge is 2.31. The van der Waals surface area contributed by atoms with E-state index in [1.165, 1.54) is 45.1 Å². The lowest BCUT2D eigenvalue weighted by molar-refractivity contribution is 0.0417. The van der Waals surface area contributed by atoms with Crippen LogP contribution >= 0.6 is 0 Å². The van der Waals surface area contributed by atoms with E-state index in [2.05, 4.69) is 33.0 Å². The third-order valence-corrected chi connectivity index (χ3v) is 5.49. The van der Waals surface area contributed by atoms with Crippen molar-refractivity contribution < 1.29 is 4.74 Å². The predicted octanol–water partition coefficient (Wildman–Crippen LogP) is 4.00. The van der Waals surface area contributed by atoms with Gasteiger partial charge in [-0.25, -0.2) is 0 Å². The topological polar surface area (TPSA) is 21.3 Å². The molecule has 0 unspecified atom stereocenters. The SMILES string of the molecule is CC1(NCC2CCC(C(C)(C)C)CC2)CCOCC1. The van der Waals surface area contributed by atoms with Gasteiger partial charge < -0.3 is 10.1 Å². The fraction of sp³-hybridized carbons (Fsp3) is 1.00. The minimum Gasteiger partial charge on any atom is -0.381 e. The van der Waals surface area contributed by atoms with Gasteiger partial charge in [0.05, 0.1) is 0 Å². The first kappa shape index (κ1) is 15.3. The zero-order chi connectivity index (χ0) is 13.9. The molecule has 0 spiro atoms. The normalized spacial score (nSPS) is 32.2. The van der Waals surface area contributed by atoms with Crippen LogP contribution in [0.3, 0.4) is 0 Å². The van der Waals surface area contributed by atoms with E-state index in [9.17, 15) is 0 Å². The molecule has 0 radical (unpaired) electrons. The molecule has 2 nitrogen and oxygen atoms in total. The van der Waals surface area contributed by atoms with Crippen molar-refractivity contribution in [3.63, 3.8) is 0 Å². The smallest absolute Gasteiger partial charge is 0.0483 e. The lowest BCUT2D eigenvalue weighted by atomic mass is 9.70. The first-order valence-electron chi connectivity index (χ1n) is 8.22. The van der Waals surface area contributed by atoms with Crippen molar-refractivity contribution in [1.82, 2.24) is 5.32 Å². The summed E-state index contributed by atoms with van der Waals surface area (Å²) in [7, 11) is 0. The molecule has 0 aromatic rings. The zero-order valence-corrected chi connectivity index (χ0v) is 13.4. The summed E-state index contributed by atoms with van der Waals surface area (Å²) in [5.41, 5.74) is 0.838. The minimum atomic E-state index is 0.332. The molecule has 2 rings (SSSR count). The standard InChI is InChI=1S/C17H33NO/c1-16(2,3)15-7-5-14(6-8-15)13-18-17(4)9-11-19-12-10-17/h14-15,18H,5-13H2,1-4H3. The van der Waals surface area contributed by atoms with E-state index in [4.69, 9.17) is 4.74 Å². The predicted molar refractivity (Wildman–Crippen MR) is 81.4 cm³/mol. The third kappa shape index (κ3) is 4.46. The van der Waals surface area contributed by atoms with E-state index in [1.54, 1.807) is 0 Å². The number of hydrogen-bond acceptors (Lipinski definition) is 2. The molecule has 0 atom stereocenters. The molecule has 112 valence electrons. The van der Waals surface area contributed by atoms with Crippen LogP contribution in [-0.4, -0.2) is 25.3 Å². The second kappa shape index (κ2) is 6.13. The molecule has 2 heteroatoms. The largest absolute Gasteiger partial charge is 0.381 e. The lowest BCUT2D eigenvalue weighted by Crippen LogP contribution is -2.48. The Balaban J connectivity index is 1.71. The molecule has 0 bridgehead atoms. The molecular formula is C17H33NO. The first-order chi connectivity index (χ1) is 8.89. The zero-order valence-electron chi connectivity index (χ0n) is 13.4. The number of hydrogen-bond donors (Lipinski definition) is 1. The Morgan fingerprint density at radius 2 is 1.63 bits per heavy atom. The second-order valence-electron chi connectivity index (χ2n) is 8.14. The molecule has 2 aliphatic rings. The van der Waals surface area contributed by atoms with Crippen LogP contribution in [0.4, 0.5) is 0 Å². The molecule has 2 fully saturated rings. The molecule has 1 saturated carbocycles. The summed E-state index contributed by atoms with van der Waals surface area (Å²) in [4.78, 5) is 0. The first-order valence-corrected chi connectivity index (χ1v) is 8.22. The number of nitrogens with one attached hydrogen (secondary N) is 1. The number of rotatable bonds is 3. The lowest BCUT2D eigenvalue weighted by Gasteiger charge is -2.39. The maximum absolute atomic E-state index is 5.47. The Bertz CT molecular complexity index is 267. The van der Waals surface area contributed by atoms with Crippen LogP contribution in [0.5, 0.6) is 0 Å². The van der Waals surface area contributed by atoms with E-state index in [1.807, 2.05) is 0 Å². The van der Waals surface area contributed by atoms with E-state index < -0.39 is 0 Å². The molecule has 0 aromatic heterocycles. The Labute approximate surface area is 119 Å². The number of ether oxygens (including phenoxy) is 1. The monoisotopic (exact) mass is 267 g/mol. The van der Waals surface area contributed by atoms with Gasteiger partial charge in [0.25, 0.3) is 0 Å². The summed E-state index contributed by atoms with van der Waals surface area (Å²) in [6.07, 6.45) is 8.03. The van der Waals surface area contributed by atoms with Gasteiger partial charge >= 0.3 is 0 Å². The van der Waals surface area contributed by atoms with Crippen molar-refractivity contribution in [1.29, 1.82) is 0 Å². The van der Waals surface area contributed by atoms with Crippen molar-refractivity contribution in [2.75, 3.05) is 19.8 Å². The summed E-state index contributed by atoms with van der Waals surface area (Å²) < 4.78 is 5.47. The molecule has 1 heterocycles. The van der Waals surface area contributed by atoms with Gasteiger partial charge in [0.2, 0.25) is 0 Å². The van der Waals surface area contributed by atoms with Gasteiger partial charge in [-0.15, -0.1) is 0 Å². The molecule has 1 N–H and O–H groups in total. The van der Waals surface area contributed by atoms with Crippen LogP contribution in [0.15, 0.2) is 0 Å². The van der Waals surface area contributed by atoms with E-state index in [0.29, 0.717) is 11.0 Å². The second-order valence-corrected chi connectivity index (χ2v) is 8.14. The Morgan fingerprint density at radius 3 is 2.16 bits per heavy atom. The van der Waals surface area contributed by atoms with Crippen LogP contribution in [0.2, 0.25) is 0 Å². The van der Waals surface area contributed by atoms with Gasteiger partial charge in [-0.1, -0.05) is 20.8 Å². The van der Waals surface area contributed by atoms with Crippen LogP contribution in [0.25, 0.3) is 0 Å². The van der Waals surface area contributed by atoms with Gasteiger partial charge in [0.1, 0.15) is 0 Å². The van der Waals surface area contributed by atoms with Crippen molar-refractivity contribution in [3.8, 4) is 0 Å². The fourth-order valence-corrected chi connectivity index (χ4v) is 3.62. The van der Waals surface area contributed by atoms with Crippen LogP contribution in [-0.2, 0) is 4.74 Å². The van der Waals surface area contributed by atoms with Gasteiger partial charge in [-0.3, -0.25) is 0 Å². The van der Waals surface area contributed by atoms with Crippen LogP contribution < -0.4 is 5.32 Å². The Morgan fingerprint density at radius 1 is 1.05 bits per heavy atom. The Kier molecular flexibility index (Phi) is 4.94. The third-order valence-electron chi connectivity index (χ3n) is 5.49. The average Bonchev–Trinajstić information content (AvgIpc) is 2.37. The average molecular weight is 267 g/mol. The summed E-state index contributed by atoms with van der Waals surface area (Å²) in [5.74, 6) is 1.83. The minimum absolute atomic E-state index is 0.332. The van der Waals surface area contributed by atoms with Gasteiger partial charge in [0.15, 0.2) is 0 Å². The summed E-state index contributed by atoms with van der Waals surface area (Å²) >= 11 is 0. The molecule has 0 aromatic carbocycles. The molecule has 1 saturated heterocycles. The highest BCUT2D eigenvalue weighted by Crippen LogP contribution is 2.39. The molecule has 19 heavy (non-hydrogen) atoms. The highest BCUT2D eigenvalue weighted by molar-refractivity contribution is 4.87. The van der Waals surface area contributed by atoms with E-state index in [-0.39, 0.29) is 0 Å². The van der Waals surface area contributed by atoms with E-state index >= 15 is 0 Å². The van der Waals surface area contributed by atoms with Gasteiger partial charge in [0, 0.05) is 18.8 Å². The van der Waals surface area contributed by atoms with Crippen LogP contribution in [0.1, 0.15) is 66.2 Å².